The number of hydrogen-bond acceptors (Lipinski definition) is 3. The lowest BCUT2D eigenvalue weighted by atomic mass is 10.1. The van der Waals surface area contributed by atoms with Crippen LogP contribution in [0.15, 0.2) is 36.4 Å². The van der Waals surface area contributed by atoms with Crippen LogP contribution in [-0.4, -0.2) is 16.4 Å². The summed E-state index contributed by atoms with van der Waals surface area (Å²) in [4.78, 5) is 6.75. The van der Waals surface area contributed by atoms with Crippen molar-refractivity contribution in [3.63, 3.8) is 0 Å². The third kappa shape index (κ3) is 4.62. The molecule has 0 atom stereocenters. The van der Waals surface area contributed by atoms with Crippen LogP contribution in [-0.2, 0) is 19.6 Å². The highest BCUT2D eigenvalue weighted by molar-refractivity contribution is 5.24. The summed E-state index contributed by atoms with van der Waals surface area (Å²) in [6, 6.07) is 11.1. The Hall–Kier alpha value is -1.78. The number of rotatable bonds is 6. The Labute approximate surface area is 125 Å². The molecule has 2 aromatic rings. The molecule has 3 nitrogen and oxygen atoms in total. The van der Waals surface area contributed by atoms with E-state index in [1.54, 1.807) is 6.07 Å². The van der Waals surface area contributed by atoms with Crippen molar-refractivity contribution >= 4 is 0 Å². The Kier molecular flexibility index (Phi) is 5.42. The molecule has 1 aromatic carbocycles. The van der Waals surface area contributed by atoms with Gasteiger partial charge in [-0.05, 0) is 48.9 Å². The molecule has 0 radical (unpaired) electrons. The number of nitrogens with zero attached hydrogens (tertiary/aromatic N) is 2. The van der Waals surface area contributed by atoms with Crippen LogP contribution in [0, 0.1) is 12.7 Å². The summed E-state index contributed by atoms with van der Waals surface area (Å²) in [5.41, 5.74) is 9.43. The molecule has 0 aliphatic rings. The van der Waals surface area contributed by atoms with E-state index in [2.05, 4.69) is 16.8 Å². The average molecular weight is 287 g/mol. The molecule has 0 aliphatic carbocycles. The van der Waals surface area contributed by atoms with Crippen LogP contribution in [0.5, 0.6) is 0 Å². The minimum absolute atomic E-state index is 0.224. The molecule has 112 valence electrons. The van der Waals surface area contributed by atoms with Crippen LogP contribution in [0.3, 0.4) is 0 Å². The molecule has 1 heterocycles. The second-order valence-corrected chi connectivity index (χ2v) is 5.25. The summed E-state index contributed by atoms with van der Waals surface area (Å²) in [6.07, 6.45) is 0. The summed E-state index contributed by atoms with van der Waals surface area (Å²) in [7, 11) is 0. The van der Waals surface area contributed by atoms with E-state index >= 15 is 0 Å². The lowest BCUT2D eigenvalue weighted by molar-refractivity contribution is 0.267. The van der Waals surface area contributed by atoms with E-state index in [0.29, 0.717) is 13.1 Å². The van der Waals surface area contributed by atoms with Crippen LogP contribution >= 0.6 is 0 Å². The Morgan fingerprint density at radius 3 is 2.57 bits per heavy atom. The maximum absolute atomic E-state index is 13.6. The topological polar surface area (TPSA) is 42.1 Å². The van der Waals surface area contributed by atoms with Gasteiger partial charge in [0.25, 0.3) is 0 Å². The molecule has 0 saturated heterocycles. The minimum atomic E-state index is -0.224. The highest BCUT2D eigenvalue weighted by Gasteiger charge is 2.08. The molecule has 0 fully saturated rings. The van der Waals surface area contributed by atoms with Crippen molar-refractivity contribution in [2.24, 2.45) is 5.73 Å². The van der Waals surface area contributed by atoms with Gasteiger partial charge in [0.1, 0.15) is 5.82 Å². The minimum Gasteiger partial charge on any atom is -0.326 e. The Morgan fingerprint density at radius 1 is 1.14 bits per heavy atom. The van der Waals surface area contributed by atoms with Crippen molar-refractivity contribution in [1.29, 1.82) is 0 Å². The first-order valence-corrected chi connectivity index (χ1v) is 7.24. The molecule has 21 heavy (non-hydrogen) atoms. The van der Waals surface area contributed by atoms with Gasteiger partial charge in [0.05, 0.1) is 5.69 Å². The van der Waals surface area contributed by atoms with Crippen molar-refractivity contribution in [2.45, 2.75) is 33.5 Å². The van der Waals surface area contributed by atoms with Crippen molar-refractivity contribution < 1.29 is 4.39 Å². The zero-order chi connectivity index (χ0) is 15.2. The molecular weight excluding hydrogens is 265 g/mol. The summed E-state index contributed by atoms with van der Waals surface area (Å²) >= 11 is 0. The van der Waals surface area contributed by atoms with Crippen LogP contribution in [0.2, 0.25) is 0 Å². The second kappa shape index (κ2) is 7.29. The quantitative estimate of drug-likeness (QED) is 0.888. The fourth-order valence-corrected chi connectivity index (χ4v) is 2.38. The zero-order valence-corrected chi connectivity index (χ0v) is 12.6. The second-order valence-electron chi connectivity index (χ2n) is 5.25. The lowest BCUT2D eigenvalue weighted by Gasteiger charge is -2.20. The van der Waals surface area contributed by atoms with E-state index in [1.807, 2.05) is 31.2 Å². The Morgan fingerprint density at radius 2 is 1.90 bits per heavy atom. The van der Waals surface area contributed by atoms with Gasteiger partial charge in [0.15, 0.2) is 0 Å². The first-order chi connectivity index (χ1) is 10.1. The van der Waals surface area contributed by atoms with Gasteiger partial charge in [-0.3, -0.25) is 9.88 Å². The van der Waals surface area contributed by atoms with Crippen LogP contribution < -0.4 is 5.73 Å². The molecule has 4 heteroatoms. The molecule has 1 aromatic heterocycles. The number of aryl methyl sites for hydroxylation is 1. The van der Waals surface area contributed by atoms with Gasteiger partial charge >= 0.3 is 0 Å². The largest absolute Gasteiger partial charge is 0.326 e. The van der Waals surface area contributed by atoms with Crippen LogP contribution in [0.1, 0.15) is 29.4 Å². The van der Waals surface area contributed by atoms with E-state index < -0.39 is 0 Å². The Balaban J connectivity index is 2.10. The number of pyridine rings is 1. The monoisotopic (exact) mass is 287 g/mol. The normalized spacial score (nSPS) is 11.1. The van der Waals surface area contributed by atoms with Gasteiger partial charge in [0, 0.05) is 25.3 Å². The fraction of sp³-hybridized carbons (Fsp3) is 0.353. The number of halogens is 1. The number of aromatic nitrogens is 1. The van der Waals surface area contributed by atoms with Gasteiger partial charge in [0.2, 0.25) is 0 Å². The molecule has 2 rings (SSSR count). The first-order valence-electron chi connectivity index (χ1n) is 7.24. The number of nitrogens with two attached hydrogens (primary N) is 1. The SMILES string of the molecule is CCN(Cc1cc(F)cc(CN)c1)Cc1cccc(C)n1. The zero-order valence-electron chi connectivity index (χ0n) is 12.6. The molecule has 0 bridgehead atoms. The lowest BCUT2D eigenvalue weighted by Crippen LogP contribution is -2.23. The predicted octanol–water partition coefficient (Wildman–Crippen LogP) is 3.01. The summed E-state index contributed by atoms with van der Waals surface area (Å²) < 4.78 is 13.6. The van der Waals surface area contributed by atoms with E-state index in [9.17, 15) is 4.39 Å². The van der Waals surface area contributed by atoms with Crippen LogP contribution in [0.4, 0.5) is 4.39 Å². The first kappa shape index (κ1) is 15.6. The van der Waals surface area contributed by atoms with Gasteiger partial charge in [-0.2, -0.15) is 0 Å². The van der Waals surface area contributed by atoms with Gasteiger partial charge in [-0.25, -0.2) is 4.39 Å². The third-order valence-corrected chi connectivity index (χ3v) is 3.44. The summed E-state index contributed by atoms with van der Waals surface area (Å²) in [5.74, 6) is -0.224. The summed E-state index contributed by atoms with van der Waals surface area (Å²) in [6.45, 7) is 6.77. The molecule has 0 amide bonds. The van der Waals surface area contributed by atoms with Crippen molar-refractivity contribution in [2.75, 3.05) is 6.54 Å². The highest BCUT2D eigenvalue weighted by atomic mass is 19.1. The van der Waals surface area contributed by atoms with Gasteiger partial charge in [-0.1, -0.05) is 19.1 Å². The number of hydrogen-bond donors (Lipinski definition) is 1. The number of benzene rings is 1. The maximum atomic E-state index is 13.6. The maximum Gasteiger partial charge on any atom is 0.123 e. The summed E-state index contributed by atoms with van der Waals surface area (Å²) in [5, 5.41) is 0. The van der Waals surface area contributed by atoms with E-state index in [-0.39, 0.29) is 5.82 Å². The van der Waals surface area contributed by atoms with E-state index in [1.165, 1.54) is 6.07 Å². The van der Waals surface area contributed by atoms with Gasteiger partial charge < -0.3 is 5.73 Å². The predicted molar refractivity (Wildman–Crippen MR) is 83.1 cm³/mol. The van der Waals surface area contributed by atoms with Gasteiger partial charge in [-0.15, -0.1) is 0 Å². The van der Waals surface area contributed by atoms with E-state index in [0.717, 1.165) is 35.6 Å². The van der Waals surface area contributed by atoms with Crippen LogP contribution in [0.25, 0.3) is 0 Å². The van der Waals surface area contributed by atoms with E-state index in [4.69, 9.17) is 5.73 Å². The fourth-order valence-electron chi connectivity index (χ4n) is 2.38. The standard InChI is InChI=1S/C17H22FN3/c1-3-21(12-17-6-4-5-13(2)20-17)11-15-7-14(10-19)8-16(18)9-15/h4-9H,3,10-12,19H2,1-2H3. The Bertz CT molecular complexity index is 598. The molecular formula is C17H22FN3. The molecule has 2 N–H and O–H groups in total. The molecule has 0 aliphatic heterocycles. The molecule has 0 unspecified atom stereocenters. The van der Waals surface area contributed by atoms with Crippen molar-refractivity contribution in [3.8, 4) is 0 Å². The van der Waals surface area contributed by atoms with Crippen molar-refractivity contribution in [1.82, 2.24) is 9.88 Å². The smallest absolute Gasteiger partial charge is 0.123 e. The third-order valence-electron chi connectivity index (χ3n) is 3.44. The molecule has 0 spiro atoms. The average Bonchev–Trinajstić information content (AvgIpc) is 2.46. The molecule has 0 saturated carbocycles. The van der Waals surface area contributed by atoms with Crippen molar-refractivity contribution in [3.05, 3.63) is 64.7 Å². The highest BCUT2D eigenvalue weighted by Crippen LogP contribution is 2.13.